The van der Waals surface area contributed by atoms with Crippen LogP contribution in [0.25, 0.3) is 0 Å². The van der Waals surface area contributed by atoms with Gasteiger partial charge in [-0.25, -0.2) is 0 Å². The normalized spacial score (nSPS) is 31.2. The Morgan fingerprint density at radius 2 is 1.94 bits per heavy atom. The summed E-state index contributed by atoms with van der Waals surface area (Å²) in [4.78, 5) is 12.1. The lowest BCUT2D eigenvalue weighted by molar-refractivity contribution is -0.123. The number of aliphatic hydroxyl groups excluding tert-OH is 1. The van der Waals surface area contributed by atoms with Crippen molar-refractivity contribution in [3.05, 3.63) is 0 Å². The molecule has 0 spiro atoms. The fraction of sp³-hybridized carbons (Fsp3) is 0.929. The molecular weight excluding hydrogens is 228 g/mol. The standard InChI is InChI=1S/C14H26N2O2/c15-14(7-2-1-3-8-14)9-13(18)16-12-6-4-5-11(12)10-17/h11-12,17H,1-10,15H2,(H,16,18). The molecule has 4 heteroatoms. The van der Waals surface area contributed by atoms with Gasteiger partial charge in [-0.2, -0.15) is 0 Å². The highest BCUT2D eigenvalue weighted by molar-refractivity contribution is 5.77. The van der Waals surface area contributed by atoms with Gasteiger partial charge in [-0.15, -0.1) is 0 Å². The quantitative estimate of drug-likeness (QED) is 0.708. The van der Waals surface area contributed by atoms with Gasteiger partial charge in [0.2, 0.25) is 5.91 Å². The van der Waals surface area contributed by atoms with Gasteiger partial charge in [0, 0.05) is 30.5 Å². The van der Waals surface area contributed by atoms with E-state index in [0.717, 1.165) is 44.9 Å². The highest BCUT2D eigenvalue weighted by Crippen LogP contribution is 2.29. The number of amides is 1. The third-order valence-corrected chi connectivity index (χ3v) is 4.60. The van der Waals surface area contributed by atoms with E-state index in [2.05, 4.69) is 5.32 Å². The van der Waals surface area contributed by atoms with Crippen molar-refractivity contribution in [2.24, 2.45) is 11.7 Å². The SMILES string of the molecule is NC1(CC(=O)NC2CCCC2CO)CCCCC1. The van der Waals surface area contributed by atoms with E-state index in [9.17, 15) is 9.90 Å². The molecule has 104 valence electrons. The minimum absolute atomic E-state index is 0.0738. The Hall–Kier alpha value is -0.610. The van der Waals surface area contributed by atoms with Crippen molar-refractivity contribution >= 4 is 5.91 Å². The predicted octanol–water partition coefficient (Wildman–Crippen LogP) is 1.32. The Bertz CT molecular complexity index is 288. The van der Waals surface area contributed by atoms with Crippen LogP contribution >= 0.6 is 0 Å². The van der Waals surface area contributed by atoms with Gasteiger partial charge in [0.1, 0.15) is 0 Å². The zero-order valence-corrected chi connectivity index (χ0v) is 11.2. The van der Waals surface area contributed by atoms with E-state index in [1.165, 1.54) is 6.42 Å². The lowest BCUT2D eigenvalue weighted by Crippen LogP contribution is -2.48. The molecule has 0 aliphatic heterocycles. The maximum Gasteiger partial charge on any atom is 0.222 e. The predicted molar refractivity (Wildman–Crippen MR) is 71.0 cm³/mol. The Morgan fingerprint density at radius 1 is 1.22 bits per heavy atom. The Balaban J connectivity index is 1.80. The van der Waals surface area contributed by atoms with Gasteiger partial charge in [-0.3, -0.25) is 4.79 Å². The number of nitrogens with two attached hydrogens (primary N) is 1. The van der Waals surface area contributed by atoms with Crippen LogP contribution in [0.1, 0.15) is 57.8 Å². The molecule has 0 saturated heterocycles. The lowest BCUT2D eigenvalue weighted by Gasteiger charge is -2.33. The summed E-state index contributed by atoms with van der Waals surface area (Å²) in [6.45, 7) is 0.179. The average molecular weight is 254 g/mol. The van der Waals surface area contributed by atoms with Crippen LogP contribution in [0, 0.1) is 5.92 Å². The highest BCUT2D eigenvalue weighted by atomic mass is 16.3. The third-order valence-electron chi connectivity index (χ3n) is 4.60. The minimum atomic E-state index is -0.282. The summed E-state index contributed by atoms with van der Waals surface area (Å²) in [5, 5.41) is 12.3. The largest absolute Gasteiger partial charge is 0.396 e. The molecule has 2 fully saturated rings. The van der Waals surface area contributed by atoms with Crippen LogP contribution < -0.4 is 11.1 Å². The highest BCUT2D eigenvalue weighted by Gasteiger charge is 2.33. The van der Waals surface area contributed by atoms with Gasteiger partial charge in [0.25, 0.3) is 0 Å². The zero-order valence-electron chi connectivity index (χ0n) is 11.2. The van der Waals surface area contributed by atoms with E-state index in [4.69, 9.17) is 5.73 Å². The summed E-state index contributed by atoms with van der Waals surface area (Å²) >= 11 is 0. The van der Waals surface area contributed by atoms with Gasteiger partial charge >= 0.3 is 0 Å². The van der Waals surface area contributed by atoms with Crippen LogP contribution in [-0.2, 0) is 4.79 Å². The van der Waals surface area contributed by atoms with Crippen LogP contribution in [0.3, 0.4) is 0 Å². The van der Waals surface area contributed by atoms with E-state index >= 15 is 0 Å². The molecule has 2 aliphatic carbocycles. The number of carbonyl (C=O) groups excluding carboxylic acids is 1. The maximum absolute atomic E-state index is 12.1. The Labute approximate surface area is 109 Å². The summed E-state index contributed by atoms with van der Waals surface area (Å²) < 4.78 is 0. The zero-order chi connectivity index (χ0) is 13.0. The maximum atomic E-state index is 12.1. The summed E-state index contributed by atoms with van der Waals surface area (Å²) in [7, 11) is 0. The van der Waals surface area contributed by atoms with Crippen LogP contribution in [-0.4, -0.2) is 29.2 Å². The molecule has 0 aromatic rings. The first-order valence-electron chi connectivity index (χ1n) is 7.32. The monoisotopic (exact) mass is 254 g/mol. The minimum Gasteiger partial charge on any atom is -0.396 e. The fourth-order valence-corrected chi connectivity index (χ4v) is 3.46. The van der Waals surface area contributed by atoms with Crippen LogP contribution in [0.15, 0.2) is 0 Å². The number of carbonyl (C=O) groups is 1. The molecule has 0 bridgehead atoms. The second kappa shape index (κ2) is 6.02. The number of aliphatic hydroxyl groups is 1. The lowest BCUT2D eigenvalue weighted by atomic mass is 9.80. The van der Waals surface area contributed by atoms with E-state index in [1.54, 1.807) is 0 Å². The second-order valence-corrected chi connectivity index (χ2v) is 6.15. The molecule has 4 nitrogen and oxygen atoms in total. The molecule has 0 heterocycles. The third kappa shape index (κ3) is 3.45. The van der Waals surface area contributed by atoms with Crippen LogP contribution in [0.2, 0.25) is 0 Å². The molecular formula is C14H26N2O2. The molecule has 4 N–H and O–H groups in total. The summed E-state index contributed by atoms with van der Waals surface area (Å²) in [5.41, 5.74) is 6.01. The van der Waals surface area contributed by atoms with E-state index in [0.29, 0.717) is 6.42 Å². The molecule has 2 unspecified atom stereocenters. The molecule has 2 saturated carbocycles. The summed E-state index contributed by atoms with van der Waals surface area (Å²) in [6, 6.07) is 0.162. The Morgan fingerprint density at radius 3 is 2.61 bits per heavy atom. The van der Waals surface area contributed by atoms with E-state index < -0.39 is 0 Å². The number of hydrogen-bond acceptors (Lipinski definition) is 3. The van der Waals surface area contributed by atoms with Gasteiger partial charge in [0.05, 0.1) is 0 Å². The summed E-state index contributed by atoms with van der Waals surface area (Å²) in [6.07, 6.45) is 9.03. The number of nitrogens with one attached hydrogen (secondary N) is 1. The van der Waals surface area contributed by atoms with Crippen molar-refractivity contribution in [2.45, 2.75) is 69.4 Å². The molecule has 2 rings (SSSR count). The van der Waals surface area contributed by atoms with Crippen LogP contribution in [0.4, 0.5) is 0 Å². The molecule has 18 heavy (non-hydrogen) atoms. The molecule has 2 atom stereocenters. The van der Waals surface area contributed by atoms with Crippen molar-refractivity contribution in [2.75, 3.05) is 6.61 Å². The van der Waals surface area contributed by atoms with Gasteiger partial charge in [-0.1, -0.05) is 25.7 Å². The smallest absolute Gasteiger partial charge is 0.222 e. The number of rotatable bonds is 4. The van der Waals surface area contributed by atoms with E-state index in [-0.39, 0.29) is 30.0 Å². The molecule has 0 radical (unpaired) electrons. The average Bonchev–Trinajstić information content (AvgIpc) is 2.76. The fourth-order valence-electron chi connectivity index (χ4n) is 3.46. The second-order valence-electron chi connectivity index (χ2n) is 6.15. The van der Waals surface area contributed by atoms with Crippen molar-refractivity contribution in [3.63, 3.8) is 0 Å². The van der Waals surface area contributed by atoms with Crippen molar-refractivity contribution < 1.29 is 9.90 Å². The van der Waals surface area contributed by atoms with Gasteiger partial charge in [0.15, 0.2) is 0 Å². The van der Waals surface area contributed by atoms with Gasteiger partial charge < -0.3 is 16.2 Å². The molecule has 0 aromatic carbocycles. The molecule has 1 amide bonds. The summed E-state index contributed by atoms with van der Waals surface area (Å²) in [5.74, 6) is 0.318. The van der Waals surface area contributed by atoms with Crippen LogP contribution in [0.5, 0.6) is 0 Å². The first-order valence-corrected chi connectivity index (χ1v) is 7.32. The molecule has 2 aliphatic rings. The van der Waals surface area contributed by atoms with E-state index in [1.807, 2.05) is 0 Å². The molecule has 0 aromatic heterocycles. The topological polar surface area (TPSA) is 75.4 Å². The number of hydrogen-bond donors (Lipinski definition) is 3. The first kappa shape index (κ1) is 13.8. The van der Waals surface area contributed by atoms with Crippen molar-refractivity contribution in [1.82, 2.24) is 5.32 Å². The van der Waals surface area contributed by atoms with Crippen molar-refractivity contribution in [3.8, 4) is 0 Å². The Kier molecular flexibility index (Phi) is 4.62. The van der Waals surface area contributed by atoms with Gasteiger partial charge in [-0.05, 0) is 25.7 Å². The first-order chi connectivity index (χ1) is 8.63. The van der Waals surface area contributed by atoms with Crippen molar-refractivity contribution in [1.29, 1.82) is 0 Å².